The molecule has 2 aromatic rings. The van der Waals surface area contributed by atoms with Gasteiger partial charge in [-0.2, -0.15) is 4.98 Å². The minimum atomic E-state index is 0.396. The van der Waals surface area contributed by atoms with Crippen LogP contribution in [0.1, 0.15) is 25.8 Å². The van der Waals surface area contributed by atoms with Crippen LogP contribution in [0.3, 0.4) is 0 Å². The average molecular weight is 335 g/mol. The van der Waals surface area contributed by atoms with Crippen LogP contribution in [0.25, 0.3) is 0 Å². The van der Waals surface area contributed by atoms with Crippen molar-refractivity contribution in [2.45, 2.75) is 33.2 Å². The van der Waals surface area contributed by atoms with Crippen molar-refractivity contribution in [1.29, 1.82) is 0 Å². The van der Waals surface area contributed by atoms with E-state index < -0.39 is 0 Å². The van der Waals surface area contributed by atoms with E-state index in [1.807, 2.05) is 25.1 Å². The van der Waals surface area contributed by atoms with Crippen LogP contribution in [0.15, 0.2) is 34.9 Å². The van der Waals surface area contributed by atoms with Crippen LogP contribution in [0.2, 0.25) is 0 Å². The topological polar surface area (TPSA) is 49.8 Å². The van der Waals surface area contributed by atoms with Crippen molar-refractivity contribution in [3.63, 3.8) is 0 Å². The molecule has 4 nitrogen and oxygen atoms in total. The molecule has 0 aliphatic heterocycles. The van der Waals surface area contributed by atoms with Gasteiger partial charge in [0.25, 0.3) is 0 Å². The number of nitrogens with one attached hydrogen (secondary N) is 2. The Hall–Kier alpha value is -1.62. The molecule has 0 amide bonds. The van der Waals surface area contributed by atoms with Gasteiger partial charge in [-0.1, -0.05) is 22.9 Å². The molecular weight excluding hydrogens is 316 g/mol. The van der Waals surface area contributed by atoms with Crippen molar-refractivity contribution in [3.05, 3.63) is 40.5 Å². The molecule has 1 atom stereocenters. The van der Waals surface area contributed by atoms with Gasteiger partial charge in [0.1, 0.15) is 5.82 Å². The van der Waals surface area contributed by atoms with Gasteiger partial charge in [0.05, 0.1) is 0 Å². The lowest BCUT2D eigenvalue weighted by Gasteiger charge is -2.13. The first-order chi connectivity index (χ1) is 9.58. The predicted octanol–water partition coefficient (Wildman–Crippen LogP) is 4.50. The summed E-state index contributed by atoms with van der Waals surface area (Å²) in [6.45, 7) is 6.33. The summed E-state index contributed by atoms with van der Waals surface area (Å²) >= 11 is 3.46. The van der Waals surface area contributed by atoms with Gasteiger partial charge >= 0.3 is 0 Å². The highest BCUT2D eigenvalue weighted by Crippen LogP contribution is 2.22. The van der Waals surface area contributed by atoms with Crippen LogP contribution >= 0.6 is 15.9 Å². The Bertz CT molecular complexity index is 586. The zero-order chi connectivity index (χ0) is 14.5. The Morgan fingerprint density at radius 3 is 2.80 bits per heavy atom. The van der Waals surface area contributed by atoms with Gasteiger partial charge in [-0.25, -0.2) is 4.98 Å². The molecule has 5 heteroatoms. The van der Waals surface area contributed by atoms with Crippen molar-refractivity contribution >= 4 is 33.4 Å². The molecule has 1 heterocycles. The van der Waals surface area contributed by atoms with Crippen LogP contribution in [0, 0.1) is 6.92 Å². The SMILES string of the molecule is CCC(C)Nc1ccnc(Nc2ccc(Br)cc2C)n1. The van der Waals surface area contributed by atoms with Gasteiger partial charge in [-0.05, 0) is 50.1 Å². The van der Waals surface area contributed by atoms with E-state index in [0.717, 1.165) is 28.0 Å². The average Bonchev–Trinajstić information content (AvgIpc) is 2.42. The van der Waals surface area contributed by atoms with Crippen LogP contribution in [0.5, 0.6) is 0 Å². The molecule has 1 aromatic heterocycles. The molecule has 0 fully saturated rings. The molecule has 0 aliphatic carbocycles. The Balaban J connectivity index is 2.15. The maximum absolute atomic E-state index is 4.47. The zero-order valence-electron chi connectivity index (χ0n) is 11.9. The summed E-state index contributed by atoms with van der Waals surface area (Å²) in [7, 11) is 0. The van der Waals surface area contributed by atoms with Crippen LogP contribution in [-0.2, 0) is 0 Å². The molecule has 2 N–H and O–H groups in total. The molecule has 0 bridgehead atoms. The van der Waals surface area contributed by atoms with Crippen molar-refractivity contribution < 1.29 is 0 Å². The Morgan fingerprint density at radius 2 is 2.10 bits per heavy atom. The predicted molar refractivity (Wildman–Crippen MR) is 87.6 cm³/mol. The van der Waals surface area contributed by atoms with Crippen molar-refractivity contribution in [1.82, 2.24) is 9.97 Å². The number of aromatic nitrogens is 2. The first-order valence-electron chi connectivity index (χ1n) is 6.71. The molecule has 0 spiro atoms. The number of nitrogens with zero attached hydrogens (tertiary/aromatic N) is 2. The van der Waals surface area contributed by atoms with Gasteiger partial charge in [-0.15, -0.1) is 0 Å². The number of halogens is 1. The number of benzene rings is 1. The molecule has 0 radical (unpaired) electrons. The Kier molecular flexibility index (Phi) is 4.95. The van der Waals surface area contributed by atoms with Gasteiger partial charge in [0.2, 0.25) is 5.95 Å². The second kappa shape index (κ2) is 6.70. The standard InChI is InChI=1S/C15H19BrN4/c1-4-11(3)18-14-7-8-17-15(20-14)19-13-6-5-12(16)9-10(13)2/h5-9,11H,4H2,1-3H3,(H2,17,18,19,20). The van der Waals surface area contributed by atoms with E-state index >= 15 is 0 Å². The van der Waals surface area contributed by atoms with E-state index in [0.29, 0.717) is 12.0 Å². The fraction of sp³-hybridized carbons (Fsp3) is 0.333. The quantitative estimate of drug-likeness (QED) is 0.845. The summed E-state index contributed by atoms with van der Waals surface area (Å²) in [5.74, 6) is 1.44. The van der Waals surface area contributed by atoms with E-state index in [9.17, 15) is 0 Å². The number of anilines is 3. The lowest BCUT2D eigenvalue weighted by atomic mass is 10.2. The summed E-state index contributed by atoms with van der Waals surface area (Å²) in [4.78, 5) is 8.73. The van der Waals surface area contributed by atoms with Crippen LogP contribution in [-0.4, -0.2) is 16.0 Å². The fourth-order valence-electron chi connectivity index (χ4n) is 1.74. The summed E-state index contributed by atoms with van der Waals surface area (Å²) in [6, 6.07) is 8.34. The number of aryl methyl sites for hydroxylation is 1. The Labute approximate surface area is 128 Å². The normalized spacial score (nSPS) is 12.0. The molecule has 106 valence electrons. The molecule has 2 rings (SSSR count). The molecule has 1 aromatic carbocycles. The maximum Gasteiger partial charge on any atom is 0.229 e. The molecule has 0 saturated heterocycles. The van der Waals surface area contributed by atoms with E-state index in [1.165, 1.54) is 0 Å². The minimum absolute atomic E-state index is 0.396. The number of hydrogen-bond donors (Lipinski definition) is 2. The number of hydrogen-bond acceptors (Lipinski definition) is 4. The largest absolute Gasteiger partial charge is 0.367 e. The first-order valence-corrected chi connectivity index (χ1v) is 7.50. The van der Waals surface area contributed by atoms with Gasteiger partial charge in [0, 0.05) is 22.4 Å². The molecule has 20 heavy (non-hydrogen) atoms. The maximum atomic E-state index is 4.47. The smallest absolute Gasteiger partial charge is 0.229 e. The van der Waals surface area contributed by atoms with Gasteiger partial charge < -0.3 is 10.6 Å². The third-order valence-corrected chi connectivity index (χ3v) is 3.59. The minimum Gasteiger partial charge on any atom is -0.367 e. The lowest BCUT2D eigenvalue weighted by Crippen LogP contribution is -2.15. The Morgan fingerprint density at radius 1 is 1.30 bits per heavy atom. The van der Waals surface area contributed by atoms with E-state index in [-0.39, 0.29) is 0 Å². The van der Waals surface area contributed by atoms with E-state index in [1.54, 1.807) is 6.20 Å². The molecule has 1 unspecified atom stereocenters. The van der Waals surface area contributed by atoms with Crippen LogP contribution < -0.4 is 10.6 Å². The van der Waals surface area contributed by atoms with Crippen LogP contribution in [0.4, 0.5) is 17.5 Å². The monoisotopic (exact) mass is 334 g/mol. The first kappa shape index (κ1) is 14.8. The molecule has 0 aliphatic rings. The van der Waals surface area contributed by atoms with E-state index in [2.05, 4.69) is 56.4 Å². The van der Waals surface area contributed by atoms with Crippen molar-refractivity contribution in [2.75, 3.05) is 10.6 Å². The highest BCUT2D eigenvalue weighted by molar-refractivity contribution is 9.10. The summed E-state index contributed by atoms with van der Waals surface area (Å²) < 4.78 is 1.06. The summed E-state index contributed by atoms with van der Waals surface area (Å²) in [5.41, 5.74) is 2.15. The summed E-state index contributed by atoms with van der Waals surface area (Å²) in [6.07, 6.45) is 2.81. The zero-order valence-corrected chi connectivity index (χ0v) is 13.5. The second-order valence-electron chi connectivity index (χ2n) is 4.80. The third-order valence-electron chi connectivity index (χ3n) is 3.10. The summed E-state index contributed by atoms with van der Waals surface area (Å²) in [5, 5.41) is 6.59. The highest BCUT2D eigenvalue weighted by Gasteiger charge is 2.04. The lowest BCUT2D eigenvalue weighted by molar-refractivity contribution is 0.758. The van der Waals surface area contributed by atoms with Gasteiger partial charge in [-0.3, -0.25) is 0 Å². The third kappa shape index (κ3) is 3.93. The number of rotatable bonds is 5. The highest BCUT2D eigenvalue weighted by atomic mass is 79.9. The molecule has 0 saturated carbocycles. The fourth-order valence-corrected chi connectivity index (χ4v) is 2.22. The van der Waals surface area contributed by atoms with Gasteiger partial charge in [0.15, 0.2) is 0 Å². The van der Waals surface area contributed by atoms with Crippen molar-refractivity contribution in [2.24, 2.45) is 0 Å². The van der Waals surface area contributed by atoms with E-state index in [4.69, 9.17) is 0 Å². The second-order valence-corrected chi connectivity index (χ2v) is 5.72. The molecular formula is C15H19BrN4. The van der Waals surface area contributed by atoms with Crippen molar-refractivity contribution in [3.8, 4) is 0 Å².